The molecular formula is C6H12NOS2. The molecule has 1 fully saturated rings. The zero-order valence-corrected chi connectivity index (χ0v) is 7.55. The summed E-state index contributed by atoms with van der Waals surface area (Å²) in [6.45, 7) is 1.27. The van der Waals surface area contributed by atoms with E-state index in [1.165, 1.54) is 12.3 Å². The summed E-state index contributed by atoms with van der Waals surface area (Å²) in [6, 6.07) is 0. The van der Waals surface area contributed by atoms with Gasteiger partial charge in [0.25, 0.3) is 0 Å². The Kier molecular flexibility index (Phi) is 4.61. The number of hydrogen-bond donors (Lipinski definition) is 0. The van der Waals surface area contributed by atoms with Gasteiger partial charge in [-0.1, -0.05) is 11.9 Å². The fourth-order valence-corrected chi connectivity index (χ4v) is 2.93. The van der Waals surface area contributed by atoms with Crippen LogP contribution in [0.1, 0.15) is 6.42 Å². The second-order valence-corrected chi connectivity index (χ2v) is 4.39. The normalized spacial score (nSPS) is 20.1. The fourth-order valence-electron chi connectivity index (χ4n) is 0.752. The number of nitrogens with zero attached hydrogens (tertiary/aromatic N) is 1. The Morgan fingerprint density at radius 1 is 1.60 bits per heavy atom. The molecule has 59 valence electrons. The Labute approximate surface area is 70.5 Å². The van der Waals surface area contributed by atoms with Crippen LogP contribution in [0.25, 0.3) is 0 Å². The minimum atomic E-state index is 0.0774. The van der Waals surface area contributed by atoms with Crippen LogP contribution in [0, 0.1) is 0 Å². The molecule has 1 aliphatic heterocycles. The molecule has 0 N–H and O–H groups in total. The van der Waals surface area contributed by atoms with Gasteiger partial charge in [-0.15, -0.1) is 11.8 Å². The van der Waals surface area contributed by atoms with Crippen molar-refractivity contribution in [2.75, 3.05) is 30.5 Å². The fraction of sp³-hybridized carbons (Fsp3) is 1.00. The Morgan fingerprint density at radius 2 is 2.50 bits per heavy atom. The van der Waals surface area contributed by atoms with Crippen molar-refractivity contribution in [2.45, 2.75) is 6.42 Å². The van der Waals surface area contributed by atoms with Crippen molar-refractivity contribution in [1.82, 2.24) is 4.31 Å². The van der Waals surface area contributed by atoms with E-state index >= 15 is 0 Å². The van der Waals surface area contributed by atoms with E-state index < -0.39 is 0 Å². The molecule has 0 aromatic carbocycles. The summed E-state index contributed by atoms with van der Waals surface area (Å²) in [7, 11) is 0. The van der Waals surface area contributed by atoms with Gasteiger partial charge in [0.1, 0.15) is 0 Å². The molecule has 0 unspecified atom stereocenters. The monoisotopic (exact) mass is 178 g/mol. The molecule has 10 heavy (non-hydrogen) atoms. The van der Waals surface area contributed by atoms with Crippen LogP contribution in [0.15, 0.2) is 0 Å². The van der Waals surface area contributed by atoms with E-state index in [9.17, 15) is 5.11 Å². The van der Waals surface area contributed by atoms with Crippen molar-refractivity contribution in [3.8, 4) is 0 Å². The molecule has 1 rings (SSSR count). The zero-order valence-electron chi connectivity index (χ0n) is 5.91. The smallest absolute Gasteiger partial charge is 0.0830 e. The highest BCUT2D eigenvalue weighted by atomic mass is 32.2. The maximum Gasteiger partial charge on any atom is 0.0830 e. The molecule has 0 saturated carbocycles. The highest BCUT2D eigenvalue weighted by molar-refractivity contribution is 8.02. The second kappa shape index (κ2) is 5.29. The van der Waals surface area contributed by atoms with Gasteiger partial charge >= 0.3 is 0 Å². The standard InChI is InChI=1S/C6H12NOS2/c8-3-1-4-10-7-2-5-9-6-7/h1-6H2. The van der Waals surface area contributed by atoms with Crippen LogP contribution in [0.2, 0.25) is 0 Å². The quantitative estimate of drug-likeness (QED) is 0.481. The summed E-state index contributed by atoms with van der Waals surface area (Å²) < 4.78 is 2.33. The molecule has 2 nitrogen and oxygen atoms in total. The van der Waals surface area contributed by atoms with Gasteiger partial charge in [0.2, 0.25) is 0 Å². The van der Waals surface area contributed by atoms with E-state index in [-0.39, 0.29) is 6.61 Å². The first kappa shape index (κ1) is 8.71. The predicted octanol–water partition coefficient (Wildman–Crippen LogP) is 1.46. The summed E-state index contributed by atoms with van der Waals surface area (Å²) >= 11 is 3.79. The molecule has 0 amide bonds. The molecule has 0 aliphatic carbocycles. The van der Waals surface area contributed by atoms with E-state index in [1.54, 1.807) is 0 Å². The third-order valence-electron chi connectivity index (χ3n) is 1.28. The second-order valence-electron chi connectivity index (χ2n) is 2.13. The maximum atomic E-state index is 10.1. The van der Waals surface area contributed by atoms with Crippen molar-refractivity contribution in [3.63, 3.8) is 0 Å². The van der Waals surface area contributed by atoms with Crippen molar-refractivity contribution >= 4 is 23.7 Å². The molecule has 0 aromatic heterocycles. The summed E-state index contributed by atoms with van der Waals surface area (Å²) in [4.78, 5) is 0. The first-order chi connectivity index (χ1) is 4.93. The lowest BCUT2D eigenvalue weighted by molar-refractivity contribution is 0.194. The molecule has 4 heteroatoms. The topological polar surface area (TPSA) is 23.1 Å². The molecule has 0 bridgehead atoms. The maximum absolute atomic E-state index is 10.1. The van der Waals surface area contributed by atoms with E-state index in [1.807, 2.05) is 23.7 Å². The minimum Gasteiger partial charge on any atom is -0.240 e. The first-order valence-electron chi connectivity index (χ1n) is 3.47. The lowest BCUT2D eigenvalue weighted by Gasteiger charge is -2.10. The Morgan fingerprint density at radius 3 is 3.10 bits per heavy atom. The van der Waals surface area contributed by atoms with Gasteiger partial charge < -0.3 is 0 Å². The van der Waals surface area contributed by atoms with Gasteiger partial charge in [-0.25, -0.2) is 9.41 Å². The van der Waals surface area contributed by atoms with Gasteiger partial charge in [0.05, 0.1) is 12.5 Å². The molecule has 0 spiro atoms. The summed E-state index contributed by atoms with van der Waals surface area (Å²) in [6.07, 6.45) is 0.811. The molecule has 1 heterocycles. The van der Waals surface area contributed by atoms with Crippen molar-refractivity contribution in [2.24, 2.45) is 0 Å². The summed E-state index contributed by atoms with van der Waals surface area (Å²) in [5, 5.41) is 10.1. The van der Waals surface area contributed by atoms with Gasteiger partial charge in [-0.05, 0) is 6.42 Å². The zero-order chi connectivity index (χ0) is 7.23. The lowest BCUT2D eigenvalue weighted by atomic mass is 10.5. The summed E-state index contributed by atoms with van der Waals surface area (Å²) in [5.74, 6) is 3.40. The van der Waals surface area contributed by atoms with E-state index in [0.717, 1.165) is 18.1 Å². The molecule has 1 saturated heterocycles. The average molecular weight is 178 g/mol. The van der Waals surface area contributed by atoms with Crippen LogP contribution in [0.3, 0.4) is 0 Å². The highest BCUT2D eigenvalue weighted by Gasteiger charge is 2.10. The predicted molar refractivity (Wildman–Crippen MR) is 46.7 cm³/mol. The Balaban J connectivity index is 1.91. The van der Waals surface area contributed by atoms with Crippen LogP contribution in [0.5, 0.6) is 0 Å². The van der Waals surface area contributed by atoms with Crippen LogP contribution in [-0.2, 0) is 5.11 Å². The average Bonchev–Trinajstić information content (AvgIpc) is 2.41. The van der Waals surface area contributed by atoms with Gasteiger partial charge in [-0.2, -0.15) is 0 Å². The Bertz CT molecular complexity index is 85.8. The van der Waals surface area contributed by atoms with Crippen molar-refractivity contribution < 1.29 is 5.11 Å². The van der Waals surface area contributed by atoms with E-state index in [0.29, 0.717) is 0 Å². The largest absolute Gasteiger partial charge is 0.240 e. The molecule has 1 radical (unpaired) electrons. The van der Waals surface area contributed by atoms with Crippen LogP contribution in [-0.4, -0.2) is 34.8 Å². The third kappa shape index (κ3) is 3.14. The van der Waals surface area contributed by atoms with Crippen LogP contribution >= 0.6 is 23.7 Å². The van der Waals surface area contributed by atoms with Gasteiger partial charge in [-0.3, -0.25) is 0 Å². The Hall–Kier alpha value is 0.620. The highest BCUT2D eigenvalue weighted by Crippen LogP contribution is 2.21. The molecular weight excluding hydrogens is 166 g/mol. The molecule has 1 aliphatic rings. The van der Waals surface area contributed by atoms with E-state index in [4.69, 9.17) is 0 Å². The first-order valence-corrected chi connectivity index (χ1v) is 5.57. The van der Waals surface area contributed by atoms with Crippen LogP contribution < -0.4 is 0 Å². The third-order valence-corrected chi connectivity index (χ3v) is 3.56. The molecule has 0 atom stereocenters. The number of thioether (sulfide) groups is 1. The van der Waals surface area contributed by atoms with Crippen molar-refractivity contribution in [3.05, 3.63) is 0 Å². The number of hydrogen-bond acceptors (Lipinski definition) is 3. The van der Waals surface area contributed by atoms with Crippen molar-refractivity contribution in [1.29, 1.82) is 0 Å². The van der Waals surface area contributed by atoms with Gasteiger partial charge in [0, 0.05) is 18.1 Å². The number of rotatable bonds is 4. The minimum absolute atomic E-state index is 0.0774. The van der Waals surface area contributed by atoms with Crippen LogP contribution in [0.4, 0.5) is 0 Å². The van der Waals surface area contributed by atoms with Gasteiger partial charge in [0.15, 0.2) is 0 Å². The molecule has 0 aromatic rings. The summed E-state index contributed by atoms with van der Waals surface area (Å²) in [5.41, 5.74) is 0. The van der Waals surface area contributed by atoms with E-state index in [2.05, 4.69) is 4.31 Å². The lowest BCUT2D eigenvalue weighted by Crippen LogP contribution is -2.10. The SMILES string of the molecule is [O]CCCSN1CCSC1.